The van der Waals surface area contributed by atoms with Crippen molar-refractivity contribution in [2.45, 2.75) is 53.4 Å². The maximum absolute atomic E-state index is 12.4. The summed E-state index contributed by atoms with van der Waals surface area (Å²) in [5.41, 5.74) is 5.78. The lowest BCUT2D eigenvalue weighted by Crippen LogP contribution is -2.11. The van der Waals surface area contributed by atoms with Gasteiger partial charge in [-0.15, -0.1) is 0 Å². The van der Waals surface area contributed by atoms with Gasteiger partial charge in [-0.2, -0.15) is 0 Å². The topological polar surface area (TPSA) is 32.9 Å². The van der Waals surface area contributed by atoms with Crippen LogP contribution in [0.3, 0.4) is 0 Å². The Labute approximate surface area is 138 Å². The first-order valence-corrected chi connectivity index (χ1v) is 8.38. The Morgan fingerprint density at radius 3 is 2.57 bits per heavy atom. The van der Waals surface area contributed by atoms with Crippen LogP contribution in [0, 0.1) is 6.92 Å². The molecule has 1 N–H and O–H groups in total. The number of allylic oxidation sites excluding steroid dienone is 4. The van der Waals surface area contributed by atoms with Gasteiger partial charge in [-0.25, -0.2) is 0 Å². The van der Waals surface area contributed by atoms with Crippen LogP contribution >= 0.6 is 0 Å². The Balaban J connectivity index is 2.06. The van der Waals surface area contributed by atoms with Crippen LogP contribution in [0.2, 0.25) is 0 Å². The highest BCUT2D eigenvalue weighted by atomic mass is 16.1. The Morgan fingerprint density at radius 1 is 1.09 bits per heavy atom. The van der Waals surface area contributed by atoms with Gasteiger partial charge >= 0.3 is 0 Å². The van der Waals surface area contributed by atoms with E-state index in [1.807, 2.05) is 31.2 Å². The largest absolute Gasteiger partial charge is 0.358 e. The molecule has 0 saturated carbocycles. The number of para-hydroxylation sites is 1. The fourth-order valence-corrected chi connectivity index (χ4v) is 2.79. The molecule has 2 nitrogen and oxygen atoms in total. The van der Waals surface area contributed by atoms with Crippen LogP contribution in [0.4, 0.5) is 0 Å². The Hall–Kier alpha value is -2.09. The van der Waals surface area contributed by atoms with E-state index in [0.717, 1.165) is 47.8 Å². The lowest BCUT2D eigenvalue weighted by atomic mass is 10.0. The smallest absolute Gasteiger partial charge is 0.192 e. The van der Waals surface area contributed by atoms with Gasteiger partial charge in [0.25, 0.3) is 0 Å². The first kappa shape index (κ1) is 17.3. The quantitative estimate of drug-likeness (QED) is 0.706. The third kappa shape index (κ3) is 4.69. The van der Waals surface area contributed by atoms with Crippen LogP contribution in [0.5, 0.6) is 0 Å². The zero-order valence-corrected chi connectivity index (χ0v) is 14.7. The van der Waals surface area contributed by atoms with Crippen molar-refractivity contribution in [3.05, 3.63) is 69.0 Å². The molecule has 122 valence electrons. The first-order valence-electron chi connectivity index (χ1n) is 8.38. The van der Waals surface area contributed by atoms with Crippen LogP contribution in [0.1, 0.15) is 51.3 Å². The molecule has 0 aliphatic heterocycles. The molecule has 0 radical (unpaired) electrons. The van der Waals surface area contributed by atoms with Crippen LogP contribution in [0.25, 0.3) is 10.9 Å². The van der Waals surface area contributed by atoms with Crippen molar-refractivity contribution in [1.82, 2.24) is 4.98 Å². The third-order valence-electron chi connectivity index (χ3n) is 4.23. The zero-order valence-electron chi connectivity index (χ0n) is 14.7. The van der Waals surface area contributed by atoms with Gasteiger partial charge < -0.3 is 4.98 Å². The summed E-state index contributed by atoms with van der Waals surface area (Å²) in [5, 5.41) is 0.780. The summed E-state index contributed by atoms with van der Waals surface area (Å²) in [6, 6.07) is 7.73. The maximum atomic E-state index is 12.4. The lowest BCUT2D eigenvalue weighted by molar-refractivity contribution is 0.900. The molecule has 0 unspecified atom stereocenters. The minimum atomic E-state index is 0.151. The van der Waals surface area contributed by atoms with E-state index in [2.05, 4.69) is 37.9 Å². The summed E-state index contributed by atoms with van der Waals surface area (Å²) in [6.45, 7) is 8.39. The average Bonchev–Trinajstić information content (AvgIpc) is 2.52. The van der Waals surface area contributed by atoms with Gasteiger partial charge in [-0.05, 0) is 65.5 Å². The third-order valence-corrected chi connectivity index (χ3v) is 4.23. The fourth-order valence-electron chi connectivity index (χ4n) is 2.79. The molecule has 0 fully saturated rings. The molecule has 23 heavy (non-hydrogen) atoms. The van der Waals surface area contributed by atoms with Crippen LogP contribution in [0.15, 0.2) is 52.4 Å². The van der Waals surface area contributed by atoms with Gasteiger partial charge in [0.1, 0.15) is 0 Å². The fraction of sp³-hybridized carbons (Fsp3) is 0.381. The van der Waals surface area contributed by atoms with Crippen LogP contribution in [-0.4, -0.2) is 4.98 Å². The Morgan fingerprint density at radius 2 is 1.83 bits per heavy atom. The molecule has 0 spiro atoms. The molecule has 0 bridgehead atoms. The van der Waals surface area contributed by atoms with Crippen molar-refractivity contribution < 1.29 is 0 Å². The van der Waals surface area contributed by atoms with E-state index in [1.54, 1.807) is 0 Å². The number of benzene rings is 1. The average molecular weight is 309 g/mol. The highest BCUT2D eigenvalue weighted by molar-refractivity contribution is 5.79. The first-order chi connectivity index (χ1) is 11.0. The number of hydrogen-bond acceptors (Lipinski definition) is 1. The van der Waals surface area contributed by atoms with Gasteiger partial charge in [-0.3, -0.25) is 4.79 Å². The van der Waals surface area contributed by atoms with Crippen molar-refractivity contribution in [3.63, 3.8) is 0 Å². The second-order valence-corrected chi connectivity index (χ2v) is 6.51. The van der Waals surface area contributed by atoms with Gasteiger partial charge in [0, 0.05) is 22.2 Å². The molecule has 1 aromatic carbocycles. The summed E-state index contributed by atoms with van der Waals surface area (Å²) in [4.78, 5) is 15.8. The number of pyridine rings is 1. The SMILES string of the molecule is CC(C)=CCCC(C)=CCCc1[nH]c2ccccc2c(=O)c1C. The normalized spacial score (nSPS) is 11.7. The zero-order chi connectivity index (χ0) is 16.8. The number of rotatable bonds is 6. The van der Waals surface area contributed by atoms with E-state index in [0.29, 0.717) is 0 Å². The highest BCUT2D eigenvalue weighted by Crippen LogP contribution is 2.14. The molecule has 1 aromatic heterocycles. The van der Waals surface area contributed by atoms with Crippen molar-refractivity contribution in [2.24, 2.45) is 0 Å². The second-order valence-electron chi connectivity index (χ2n) is 6.51. The van der Waals surface area contributed by atoms with Crippen LogP contribution < -0.4 is 5.43 Å². The van der Waals surface area contributed by atoms with E-state index in [4.69, 9.17) is 0 Å². The lowest BCUT2D eigenvalue weighted by Gasteiger charge is -2.07. The summed E-state index contributed by atoms with van der Waals surface area (Å²) in [6.07, 6.45) is 8.64. The molecule has 2 aromatic rings. The van der Waals surface area contributed by atoms with Crippen molar-refractivity contribution in [1.29, 1.82) is 0 Å². The van der Waals surface area contributed by atoms with Gasteiger partial charge in [0.05, 0.1) is 0 Å². The Bertz CT molecular complexity index is 789. The molecular weight excluding hydrogens is 282 g/mol. The summed E-state index contributed by atoms with van der Waals surface area (Å²) < 4.78 is 0. The molecule has 2 heteroatoms. The highest BCUT2D eigenvalue weighted by Gasteiger charge is 2.07. The summed E-state index contributed by atoms with van der Waals surface area (Å²) in [5.74, 6) is 0. The molecule has 2 rings (SSSR count). The minimum absolute atomic E-state index is 0.151. The summed E-state index contributed by atoms with van der Waals surface area (Å²) in [7, 11) is 0. The number of aromatic amines is 1. The molecule has 1 heterocycles. The standard InChI is InChI=1S/C21H27NO/c1-15(2)9-7-10-16(3)11-8-14-19-17(4)21(23)18-12-5-6-13-20(18)22-19/h5-6,9,11-13H,7-8,10,14H2,1-4H3,(H,22,23). The van der Waals surface area contributed by atoms with E-state index in [9.17, 15) is 4.79 Å². The van der Waals surface area contributed by atoms with Crippen molar-refractivity contribution >= 4 is 10.9 Å². The maximum Gasteiger partial charge on any atom is 0.192 e. The molecule has 0 atom stereocenters. The number of H-pyrrole nitrogens is 1. The Kier molecular flexibility index (Phi) is 5.97. The summed E-state index contributed by atoms with van der Waals surface area (Å²) >= 11 is 0. The van der Waals surface area contributed by atoms with Gasteiger partial charge in [0.2, 0.25) is 0 Å². The molecule has 0 amide bonds. The van der Waals surface area contributed by atoms with E-state index >= 15 is 0 Å². The van der Waals surface area contributed by atoms with Crippen molar-refractivity contribution in [2.75, 3.05) is 0 Å². The number of aromatic nitrogens is 1. The number of hydrogen-bond donors (Lipinski definition) is 1. The predicted octanol–water partition coefficient (Wildman–Crippen LogP) is 5.46. The number of nitrogens with one attached hydrogen (secondary N) is 1. The molecular formula is C21H27NO. The number of fused-ring (bicyclic) bond motifs is 1. The van der Waals surface area contributed by atoms with Crippen molar-refractivity contribution in [3.8, 4) is 0 Å². The minimum Gasteiger partial charge on any atom is -0.358 e. The molecule has 0 saturated heterocycles. The molecule has 0 aliphatic rings. The second kappa shape index (κ2) is 7.96. The van der Waals surface area contributed by atoms with E-state index in [-0.39, 0.29) is 5.43 Å². The molecule has 0 aliphatic carbocycles. The van der Waals surface area contributed by atoms with Gasteiger partial charge in [0.15, 0.2) is 5.43 Å². The monoisotopic (exact) mass is 309 g/mol. The van der Waals surface area contributed by atoms with E-state index in [1.165, 1.54) is 11.1 Å². The van der Waals surface area contributed by atoms with Crippen LogP contribution in [-0.2, 0) is 6.42 Å². The predicted molar refractivity (Wildman–Crippen MR) is 100 cm³/mol. The number of aryl methyl sites for hydroxylation is 1. The van der Waals surface area contributed by atoms with Gasteiger partial charge in [-0.1, -0.05) is 35.4 Å². The van der Waals surface area contributed by atoms with E-state index < -0.39 is 0 Å².